The van der Waals surface area contributed by atoms with Crippen LogP contribution in [0, 0.1) is 6.92 Å². The number of aryl methyl sites for hydroxylation is 1. The van der Waals surface area contributed by atoms with Gasteiger partial charge in [0.1, 0.15) is 6.10 Å². The molecule has 1 saturated carbocycles. The van der Waals surface area contributed by atoms with Gasteiger partial charge in [-0.25, -0.2) is 0 Å². The van der Waals surface area contributed by atoms with Crippen molar-refractivity contribution < 1.29 is 10.2 Å². The third-order valence-corrected chi connectivity index (χ3v) is 5.66. The Labute approximate surface area is 150 Å². The van der Waals surface area contributed by atoms with E-state index in [9.17, 15) is 10.2 Å². The highest BCUT2D eigenvalue weighted by molar-refractivity contribution is 5.40. The first-order valence-corrected chi connectivity index (χ1v) is 9.13. The highest BCUT2D eigenvalue weighted by Gasteiger charge is 2.37. The van der Waals surface area contributed by atoms with Gasteiger partial charge in [0.2, 0.25) is 0 Å². The topological polar surface area (TPSA) is 43.7 Å². The summed E-state index contributed by atoms with van der Waals surface area (Å²) in [6.07, 6.45) is 2.69. The molecule has 0 radical (unpaired) electrons. The number of benzene rings is 2. The molecular formula is C22H29NO2. The van der Waals surface area contributed by atoms with Gasteiger partial charge >= 0.3 is 0 Å². The molecule has 0 amide bonds. The number of aliphatic hydroxyl groups is 2. The molecule has 3 heteroatoms. The maximum Gasteiger partial charge on any atom is 0.104 e. The van der Waals surface area contributed by atoms with E-state index in [4.69, 9.17) is 0 Å². The van der Waals surface area contributed by atoms with Crippen LogP contribution in [0.4, 0.5) is 0 Å². The highest BCUT2D eigenvalue weighted by Crippen LogP contribution is 2.41. The van der Waals surface area contributed by atoms with Crippen molar-refractivity contribution in [2.45, 2.75) is 50.4 Å². The van der Waals surface area contributed by atoms with Gasteiger partial charge in [-0.1, -0.05) is 54.1 Å². The zero-order valence-corrected chi connectivity index (χ0v) is 15.4. The Kier molecular flexibility index (Phi) is 5.28. The lowest BCUT2D eigenvalue weighted by Gasteiger charge is -2.40. The van der Waals surface area contributed by atoms with Gasteiger partial charge in [-0.05, 0) is 63.4 Å². The van der Waals surface area contributed by atoms with E-state index >= 15 is 0 Å². The number of hydrogen-bond donors (Lipinski definition) is 2. The van der Waals surface area contributed by atoms with Crippen LogP contribution in [-0.2, 0) is 5.60 Å². The molecule has 3 nitrogen and oxygen atoms in total. The normalized spacial score (nSPS) is 25.1. The molecule has 2 N–H and O–H groups in total. The van der Waals surface area contributed by atoms with Crippen LogP contribution in [0.5, 0.6) is 0 Å². The zero-order chi connectivity index (χ0) is 18.0. The second kappa shape index (κ2) is 7.28. The van der Waals surface area contributed by atoms with Gasteiger partial charge in [0.25, 0.3) is 0 Å². The molecule has 1 atom stereocenters. The first-order chi connectivity index (χ1) is 11.9. The summed E-state index contributed by atoms with van der Waals surface area (Å²) >= 11 is 0. The minimum absolute atomic E-state index is 0.523. The summed E-state index contributed by atoms with van der Waals surface area (Å²) in [4.78, 5) is 2.24. The average molecular weight is 339 g/mol. The summed E-state index contributed by atoms with van der Waals surface area (Å²) in [7, 11) is 4.20. The Morgan fingerprint density at radius 3 is 2.20 bits per heavy atom. The third-order valence-electron chi connectivity index (χ3n) is 5.66. The molecule has 0 heterocycles. The summed E-state index contributed by atoms with van der Waals surface area (Å²) in [6.45, 7) is 2.04. The molecule has 3 rings (SSSR count). The van der Waals surface area contributed by atoms with Gasteiger partial charge in [0.15, 0.2) is 0 Å². The Morgan fingerprint density at radius 1 is 1.00 bits per heavy atom. The van der Waals surface area contributed by atoms with Gasteiger partial charge in [-0.3, -0.25) is 0 Å². The Hall–Kier alpha value is -1.68. The predicted octanol–water partition coefficient (Wildman–Crippen LogP) is 3.77. The number of hydrogen-bond acceptors (Lipinski definition) is 3. The van der Waals surface area contributed by atoms with Crippen molar-refractivity contribution in [1.82, 2.24) is 4.90 Å². The van der Waals surface area contributed by atoms with Gasteiger partial charge in [0, 0.05) is 6.04 Å². The molecule has 0 aromatic heterocycles. The molecule has 134 valence electrons. The highest BCUT2D eigenvalue weighted by atomic mass is 16.3. The van der Waals surface area contributed by atoms with E-state index in [0.717, 1.165) is 42.4 Å². The number of rotatable bonds is 4. The van der Waals surface area contributed by atoms with Gasteiger partial charge in [-0.2, -0.15) is 0 Å². The first-order valence-electron chi connectivity index (χ1n) is 9.13. The van der Waals surface area contributed by atoms with Crippen LogP contribution < -0.4 is 0 Å². The quantitative estimate of drug-likeness (QED) is 0.891. The zero-order valence-electron chi connectivity index (χ0n) is 15.4. The maximum absolute atomic E-state index is 11.3. The summed E-state index contributed by atoms with van der Waals surface area (Å²) in [5, 5.41) is 22.3. The maximum atomic E-state index is 11.3. The summed E-state index contributed by atoms with van der Waals surface area (Å²) in [5.74, 6) is 0. The van der Waals surface area contributed by atoms with Gasteiger partial charge in [0.05, 0.1) is 5.60 Å². The van der Waals surface area contributed by atoms with Crippen LogP contribution >= 0.6 is 0 Å². The van der Waals surface area contributed by atoms with Crippen molar-refractivity contribution in [3.63, 3.8) is 0 Å². The van der Waals surface area contributed by atoms with Crippen molar-refractivity contribution in [2.75, 3.05) is 14.1 Å². The van der Waals surface area contributed by atoms with Crippen LogP contribution in [0.3, 0.4) is 0 Å². The summed E-state index contributed by atoms with van der Waals surface area (Å²) in [5.41, 5.74) is 2.88. The van der Waals surface area contributed by atoms with Crippen molar-refractivity contribution >= 4 is 0 Å². The fraction of sp³-hybridized carbons (Fsp3) is 0.455. The lowest BCUT2D eigenvalue weighted by Crippen LogP contribution is -2.39. The minimum atomic E-state index is -0.852. The van der Waals surface area contributed by atoms with E-state index in [1.807, 2.05) is 55.5 Å². The molecule has 1 unspecified atom stereocenters. The Morgan fingerprint density at radius 2 is 1.60 bits per heavy atom. The largest absolute Gasteiger partial charge is 0.385 e. The van der Waals surface area contributed by atoms with Crippen LogP contribution in [0.2, 0.25) is 0 Å². The second-order valence-corrected chi connectivity index (χ2v) is 7.63. The van der Waals surface area contributed by atoms with Crippen molar-refractivity contribution in [3.8, 4) is 0 Å². The van der Waals surface area contributed by atoms with E-state index in [1.165, 1.54) is 5.56 Å². The average Bonchev–Trinajstić information content (AvgIpc) is 2.62. The molecule has 2 aromatic rings. The summed E-state index contributed by atoms with van der Waals surface area (Å²) in [6, 6.07) is 16.3. The van der Waals surface area contributed by atoms with Crippen molar-refractivity contribution in [2.24, 2.45) is 0 Å². The number of nitrogens with zero attached hydrogens (tertiary/aromatic N) is 1. The molecule has 0 bridgehead atoms. The SMILES string of the molecule is Cc1ccc(C(O)c2ccccc2[C@]2(O)CC[C@H](N(C)C)CC2)cc1. The smallest absolute Gasteiger partial charge is 0.104 e. The van der Waals surface area contributed by atoms with E-state index in [1.54, 1.807) is 0 Å². The summed E-state index contributed by atoms with van der Waals surface area (Å²) < 4.78 is 0. The Balaban J connectivity index is 1.89. The van der Waals surface area contributed by atoms with E-state index < -0.39 is 11.7 Å². The predicted molar refractivity (Wildman–Crippen MR) is 102 cm³/mol. The molecule has 1 aliphatic rings. The van der Waals surface area contributed by atoms with Crippen LogP contribution in [0.1, 0.15) is 54.0 Å². The van der Waals surface area contributed by atoms with E-state index in [0.29, 0.717) is 6.04 Å². The number of aliphatic hydroxyl groups excluding tert-OH is 1. The van der Waals surface area contributed by atoms with Crippen molar-refractivity contribution in [3.05, 3.63) is 70.8 Å². The lowest BCUT2D eigenvalue weighted by molar-refractivity contribution is -0.0209. The van der Waals surface area contributed by atoms with Gasteiger partial charge < -0.3 is 15.1 Å². The molecule has 0 saturated heterocycles. The van der Waals surface area contributed by atoms with E-state index in [-0.39, 0.29) is 0 Å². The van der Waals surface area contributed by atoms with Crippen molar-refractivity contribution in [1.29, 1.82) is 0 Å². The monoisotopic (exact) mass is 339 g/mol. The molecule has 0 spiro atoms. The molecule has 25 heavy (non-hydrogen) atoms. The third kappa shape index (κ3) is 3.79. The van der Waals surface area contributed by atoms with Crippen LogP contribution in [0.25, 0.3) is 0 Å². The molecule has 1 aliphatic carbocycles. The molecular weight excluding hydrogens is 310 g/mol. The minimum Gasteiger partial charge on any atom is -0.385 e. The fourth-order valence-electron chi connectivity index (χ4n) is 3.95. The standard InChI is InChI=1S/C22H29NO2/c1-16-8-10-17(11-9-16)21(24)19-6-4-5-7-20(19)22(25)14-12-18(13-15-22)23(2)3/h4-11,18,21,24-25H,12-15H2,1-3H3/t18-,21?,22-. The first kappa shape index (κ1) is 18.1. The fourth-order valence-corrected chi connectivity index (χ4v) is 3.95. The van der Waals surface area contributed by atoms with Crippen LogP contribution in [0.15, 0.2) is 48.5 Å². The van der Waals surface area contributed by atoms with Crippen LogP contribution in [-0.4, -0.2) is 35.3 Å². The molecule has 0 aliphatic heterocycles. The second-order valence-electron chi connectivity index (χ2n) is 7.63. The lowest BCUT2D eigenvalue weighted by atomic mass is 9.75. The molecule has 2 aromatic carbocycles. The Bertz CT molecular complexity index is 700. The van der Waals surface area contributed by atoms with Gasteiger partial charge in [-0.15, -0.1) is 0 Å². The van der Waals surface area contributed by atoms with E-state index in [2.05, 4.69) is 19.0 Å². The molecule has 1 fully saturated rings.